The van der Waals surface area contributed by atoms with E-state index in [1.54, 1.807) is 16.0 Å². The number of rotatable bonds is 2. The van der Waals surface area contributed by atoms with Gasteiger partial charge in [0, 0.05) is 37.9 Å². The largest absolute Gasteiger partial charge is 0.336 e. The van der Waals surface area contributed by atoms with E-state index in [-0.39, 0.29) is 5.91 Å². The predicted molar refractivity (Wildman–Crippen MR) is 93.5 cm³/mol. The van der Waals surface area contributed by atoms with Crippen LogP contribution in [-0.2, 0) is 7.05 Å². The van der Waals surface area contributed by atoms with Crippen molar-refractivity contribution in [2.24, 2.45) is 7.05 Å². The fourth-order valence-electron chi connectivity index (χ4n) is 3.12. The smallest absolute Gasteiger partial charge is 0.264 e. The zero-order valence-electron chi connectivity index (χ0n) is 13.6. The van der Waals surface area contributed by atoms with Crippen LogP contribution in [0.3, 0.4) is 0 Å². The molecule has 1 saturated heterocycles. The van der Waals surface area contributed by atoms with Gasteiger partial charge in [-0.15, -0.1) is 11.3 Å². The minimum absolute atomic E-state index is 0.129. The van der Waals surface area contributed by atoms with E-state index in [9.17, 15) is 4.79 Å². The lowest BCUT2D eigenvalue weighted by molar-refractivity contribution is 0.0750. The number of benzene rings is 1. The van der Waals surface area contributed by atoms with Gasteiger partial charge in [-0.3, -0.25) is 4.79 Å². The summed E-state index contributed by atoms with van der Waals surface area (Å²) in [5.74, 6) is 0.879. The normalized spacial score (nSPS) is 15.2. The highest BCUT2D eigenvalue weighted by atomic mass is 32.1. The van der Waals surface area contributed by atoms with Crippen molar-refractivity contribution in [3.8, 4) is 0 Å². The van der Waals surface area contributed by atoms with Gasteiger partial charge >= 0.3 is 0 Å². The number of fused-ring (bicyclic) bond motifs is 1. The van der Waals surface area contributed by atoms with Crippen molar-refractivity contribution in [3.05, 3.63) is 34.7 Å². The van der Waals surface area contributed by atoms with E-state index in [0.717, 1.165) is 29.5 Å². The maximum Gasteiger partial charge on any atom is 0.264 e. The van der Waals surface area contributed by atoms with Crippen molar-refractivity contribution in [2.45, 2.75) is 6.92 Å². The number of piperazine rings is 1. The average molecular weight is 342 g/mol. The number of aromatic nitrogens is 4. The van der Waals surface area contributed by atoms with Gasteiger partial charge < -0.3 is 9.80 Å². The van der Waals surface area contributed by atoms with Gasteiger partial charge in [-0.05, 0) is 34.4 Å². The standard InChI is InChI=1S/C16H18N6OS/c1-11-12-5-3-4-6-13(12)24-14(11)15(23)21-7-9-22(10-8-21)16-17-18-19-20(16)2/h3-6H,7-10H2,1-2H3. The van der Waals surface area contributed by atoms with Crippen LogP contribution in [0.25, 0.3) is 10.1 Å². The molecule has 1 aromatic carbocycles. The number of tetrazole rings is 1. The Kier molecular flexibility index (Phi) is 3.68. The van der Waals surface area contributed by atoms with E-state index < -0.39 is 0 Å². The van der Waals surface area contributed by atoms with Gasteiger partial charge in [0.1, 0.15) is 0 Å². The van der Waals surface area contributed by atoms with Crippen LogP contribution in [0.2, 0.25) is 0 Å². The Morgan fingerprint density at radius 3 is 2.58 bits per heavy atom. The zero-order valence-corrected chi connectivity index (χ0v) is 14.5. The van der Waals surface area contributed by atoms with Crippen LogP contribution < -0.4 is 4.90 Å². The summed E-state index contributed by atoms with van der Waals surface area (Å²) in [6.45, 7) is 4.88. The Hall–Kier alpha value is -2.48. The number of hydrogen-bond acceptors (Lipinski definition) is 6. The van der Waals surface area contributed by atoms with Gasteiger partial charge in [-0.25, -0.2) is 4.68 Å². The number of thiophene rings is 1. The molecule has 8 heteroatoms. The number of aryl methyl sites for hydroxylation is 2. The number of amides is 1. The second-order valence-electron chi connectivity index (χ2n) is 5.93. The molecule has 1 aliphatic rings. The van der Waals surface area contributed by atoms with Crippen LogP contribution in [0.1, 0.15) is 15.2 Å². The molecule has 0 N–H and O–H groups in total. The summed E-state index contributed by atoms with van der Waals surface area (Å²) in [7, 11) is 1.83. The van der Waals surface area contributed by atoms with Crippen LogP contribution in [-0.4, -0.2) is 57.2 Å². The molecule has 0 radical (unpaired) electrons. The first-order valence-corrected chi connectivity index (χ1v) is 8.71. The second-order valence-corrected chi connectivity index (χ2v) is 6.99. The lowest BCUT2D eigenvalue weighted by Gasteiger charge is -2.34. The third kappa shape index (κ3) is 2.43. The number of hydrogen-bond donors (Lipinski definition) is 0. The van der Waals surface area contributed by atoms with E-state index in [0.29, 0.717) is 13.1 Å². The third-order valence-electron chi connectivity index (χ3n) is 4.49. The Morgan fingerprint density at radius 2 is 1.92 bits per heavy atom. The summed E-state index contributed by atoms with van der Waals surface area (Å²) in [4.78, 5) is 17.8. The van der Waals surface area contributed by atoms with Crippen molar-refractivity contribution in [2.75, 3.05) is 31.1 Å². The molecule has 0 unspecified atom stereocenters. The molecular formula is C16H18N6OS. The molecule has 3 aromatic rings. The maximum absolute atomic E-state index is 12.9. The number of nitrogens with zero attached hydrogens (tertiary/aromatic N) is 6. The molecule has 7 nitrogen and oxygen atoms in total. The van der Waals surface area contributed by atoms with Crippen molar-refractivity contribution in [1.29, 1.82) is 0 Å². The molecule has 0 spiro atoms. The van der Waals surface area contributed by atoms with E-state index in [1.165, 1.54) is 10.1 Å². The Bertz CT molecular complexity index is 893. The molecule has 1 fully saturated rings. The van der Waals surface area contributed by atoms with Gasteiger partial charge in [-0.2, -0.15) is 0 Å². The molecule has 2 aromatic heterocycles. The van der Waals surface area contributed by atoms with E-state index in [2.05, 4.69) is 32.6 Å². The summed E-state index contributed by atoms with van der Waals surface area (Å²) >= 11 is 1.59. The van der Waals surface area contributed by atoms with Crippen LogP contribution >= 0.6 is 11.3 Å². The zero-order chi connectivity index (χ0) is 16.7. The molecule has 1 amide bonds. The van der Waals surface area contributed by atoms with Crippen LogP contribution in [0.4, 0.5) is 5.95 Å². The molecule has 0 aliphatic carbocycles. The quantitative estimate of drug-likeness (QED) is 0.709. The van der Waals surface area contributed by atoms with Crippen molar-refractivity contribution < 1.29 is 4.79 Å². The lowest BCUT2D eigenvalue weighted by atomic mass is 10.1. The summed E-state index contributed by atoms with van der Waals surface area (Å²) in [6, 6.07) is 8.18. The highest BCUT2D eigenvalue weighted by Crippen LogP contribution is 2.31. The molecule has 4 rings (SSSR count). The first-order chi connectivity index (χ1) is 11.6. The van der Waals surface area contributed by atoms with Crippen molar-refractivity contribution >= 4 is 33.3 Å². The first-order valence-electron chi connectivity index (χ1n) is 7.90. The minimum atomic E-state index is 0.129. The fourth-order valence-corrected chi connectivity index (χ4v) is 4.30. The fraction of sp³-hybridized carbons (Fsp3) is 0.375. The molecule has 0 saturated carbocycles. The molecule has 1 aliphatic heterocycles. The van der Waals surface area contributed by atoms with Crippen molar-refractivity contribution in [3.63, 3.8) is 0 Å². The highest BCUT2D eigenvalue weighted by Gasteiger charge is 2.26. The molecule has 24 heavy (non-hydrogen) atoms. The SMILES string of the molecule is Cc1c(C(=O)N2CCN(c3nnnn3C)CC2)sc2ccccc12. The molecular weight excluding hydrogens is 324 g/mol. The van der Waals surface area contributed by atoms with Crippen LogP contribution in [0.5, 0.6) is 0 Å². The van der Waals surface area contributed by atoms with E-state index >= 15 is 0 Å². The van der Waals surface area contributed by atoms with Crippen LogP contribution in [0.15, 0.2) is 24.3 Å². The maximum atomic E-state index is 12.9. The minimum Gasteiger partial charge on any atom is -0.336 e. The van der Waals surface area contributed by atoms with Gasteiger partial charge in [0.2, 0.25) is 5.95 Å². The summed E-state index contributed by atoms with van der Waals surface area (Å²) in [6.07, 6.45) is 0. The van der Waals surface area contributed by atoms with E-state index in [4.69, 9.17) is 0 Å². The number of anilines is 1. The van der Waals surface area contributed by atoms with Gasteiger partial charge in [0.15, 0.2) is 0 Å². The highest BCUT2D eigenvalue weighted by molar-refractivity contribution is 7.21. The summed E-state index contributed by atoms with van der Waals surface area (Å²) in [5, 5.41) is 12.8. The van der Waals surface area contributed by atoms with Gasteiger partial charge in [0.05, 0.1) is 4.88 Å². The molecule has 124 valence electrons. The third-order valence-corrected chi connectivity index (χ3v) is 5.75. The molecule has 0 atom stereocenters. The molecule has 0 bridgehead atoms. The van der Waals surface area contributed by atoms with E-state index in [1.807, 2.05) is 31.0 Å². The lowest BCUT2D eigenvalue weighted by Crippen LogP contribution is -2.49. The topological polar surface area (TPSA) is 67.2 Å². The summed E-state index contributed by atoms with van der Waals surface area (Å²) in [5.41, 5.74) is 1.08. The number of carbonyl (C=O) groups excluding carboxylic acids is 1. The Morgan fingerprint density at radius 1 is 1.17 bits per heavy atom. The number of carbonyl (C=O) groups is 1. The predicted octanol–water partition coefficient (Wildman–Crippen LogP) is 1.70. The average Bonchev–Trinajstić information content (AvgIpc) is 3.18. The Balaban J connectivity index is 1.52. The first kappa shape index (κ1) is 15.1. The van der Waals surface area contributed by atoms with Gasteiger partial charge in [-0.1, -0.05) is 23.3 Å². The van der Waals surface area contributed by atoms with Gasteiger partial charge in [0.25, 0.3) is 5.91 Å². The van der Waals surface area contributed by atoms with Crippen LogP contribution in [0, 0.1) is 6.92 Å². The van der Waals surface area contributed by atoms with Crippen molar-refractivity contribution in [1.82, 2.24) is 25.1 Å². The molecule has 3 heterocycles. The monoisotopic (exact) mass is 342 g/mol. The second kappa shape index (κ2) is 5.86. The summed E-state index contributed by atoms with van der Waals surface area (Å²) < 4.78 is 2.83. The Labute approximate surface area is 143 Å².